The number of halogens is 1. The molecule has 96 valence electrons. The Labute approximate surface area is 123 Å². The van der Waals surface area contributed by atoms with Crippen LogP contribution in [0.15, 0.2) is 34.8 Å². The second-order valence-electron chi connectivity index (χ2n) is 5.29. The van der Waals surface area contributed by atoms with Crippen molar-refractivity contribution in [1.82, 2.24) is 0 Å². The molecule has 0 atom stereocenters. The standard InChI is InChI=1S/C18H17Br/c1-11-6-4-9-16(12(11)2)17-10-14-7-5-8-15(14)13(3)18(17)19/h4-6,8-10H,7H2,1-3H3. The Bertz CT molecular complexity index is 693. The summed E-state index contributed by atoms with van der Waals surface area (Å²) in [7, 11) is 0. The third-order valence-electron chi connectivity index (χ3n) is 4.15. The lowest BCUT2D eigenvalue weighted by atomic mass is 9.92. The maximum Gasteiger partial charge on any atom is 0.0289 e. The number of aryl methyl sites for hydroxylation is 1. The average molecular weight is 313 g/mol. The zero-order valence-electron chi connectivity index (χ0n) is 11.5. The predicted octanol–water partition coefficient (Wildman–Crippen LogP) is 5.61. The Morgan fingerprint density at radius 3 is 2.58 bits per heavy atom. The molecule has 0 nitrogen and oxygen atoms in total. The molecule has 2 aromatic carbocycles. The summed E-state index contributed by atoms with van der Waals surface area (Å²) in [5, 5.41) is 0. The van der Waals surface area contributed by atoms with E-state index >= 15 is 0 Å². The van der Waals surface area contributed by atoms with Crippen LogP contribution in [-0.2, 0) is 6.42 Å². The van der Waals surface area contributed by atoms with Gasteiger partial charge in [0, 0.05) is 4.47 Å². The SMILES string of the molecule is Cc1cccc(-c2cc3c(c(C)c2Br)C=CC3)c1C. The van der Waals surface area contributed by atoms with Gasteiger partial charge in [0.05, 0.1) is 0 Å². The minimum Gasteiger partial charge on any atom is -0.0795 e. The molecule has 0 bridgehead atoms. The van der Waals surface area contributed by atoms with E-state index in [1.165, 1.54) is 43.4 Å². The van der Waals surface area contributed by atoms with Gasteiger partial charge in [-0.05, 0) is 88.1 Å². The molecule has 0 radical (unpaired) electrons. The van der Waals surface area contributed by atoms with Crippen LogP contribution in [0.1, 0.15) is 27.8 Å². The van der Waals surface area contributed by atoms with Gasteiger partial charge < -0.3 is 0 Å². The molecule has 0 heterocycles. The summed E-state index contributed by atoms with van der Waals surface area (Å²) < 4.78 is 1.23. The summed E-state index contributed by atoms with van der Waals surface area (Å²) in [6.07, 6.45) is 5.54. The number of benzene rings is 2. The Morgan fingerprint density at radius 2 is 1.79 bits per heavy atom. The molecular formula is C18H17Br. The quantitative estimate of drug-likeness (QED) is 0.642. The minimum absolute atomic E-state index is 1.06. The van der Waals surface area contributed by atoms with E-state index in [1.807, 2.05) is 0 Å². The third kappa shape index (κ3) is 1.97. The number of hydrogen-bond acceptors (Lipinski definition) is 0. The monoisotopic (exact) mass is 312 g/mol. The smallest absolute Gasteiger partial charge is 0.0289 e. The van der Waals surface area contributed by atoms with Gasteiger partial charge in [-0.25, -0.2) is 0 Å². The molecule has 0 unspecified atom stereocenters. The largest absolute Gasteiger partial charge is 0.0795 e. The number of hydrogen-bond donors (Lipinski definition) is 0. The molecule has 19 heavy (non-hydrogen) atoms. The van der Waals surface area contributed by atoms with Crippen LogP contribution in [-0.4, -0.2) is 0 Å². The van der Waals surface area contributed by atoms with Gasteiger partial charge in [-0.1, -0.05) is 30.4 Å². The number of rotatable bonds is 1. The molecule has 0 saturated heterocycles. The molecule has 1 heteroatoms. The predicted molar refractivity (Wildman–Crippen MR) is 86.5 cm³/mol. The van der Waals surface area contributed by atoms with Crippen LogP contribution in [0.3, 0.4) is 0 Å². The zero-order valence-corrected chi connectivity index (χ0v) is 13.1. The molecule has 1 aliphatic carbocycles. The molecule has 0 saturated carbocycles. The first-order chi connectivity index (χ1) is 9.09. The fourth-order valence-corrected chi connectivity index (χ4v) is 3.36. The summed E-state index contributed by atoms with van der Waals surface area (Å²) in [5.41, 5.74) is 9.56. The van der Waals surface area contributed by atoms with E-state index in [2.05, 4.69) is 73.1 Å². The maximum absolute atomic E-state index is 3.80. The van der Waals surface area contributed by atoms with Gasteiger partial charge >= 0.3 is 0 Å². The Hall–Kier alpha value is -1.34. The van der Waals surface area contributed by atoms with Gasteiger partial charge in [0.15, 0.2) is 0 Å². The fraction of sp³-hybridized carbons (Fsp3) is 0.222. The van der Waals surface area contributed by atoms with Crippen LogP contribution in [0.25, 0.3) is 17.2 Å². The van der Waals surface area contributed by atoms with Crippen molar-refractivity contribution in [2.45, 2.75) is 27.2 Å². The lowest BCUT2D eigenvalue weighted by molar-refractivity contribution is 1.26. The van der Waals surface area contributed by atoms with Crippen molar-refractivity contribution >= 4 is 22.0 Å². The fourth-order valence-electron chi connectivity index (χ4n) is 2.82. The highest BCUT2D eigenvalue weighted by Crippen LogP contribution is 2.39. The minimum atomic E-state index is 1.06. The van der Waals surface area contributed by atoms with Crippen LogP contribution in [0.5, 0.6) is 0 Å². The summed E-state index contributed by atoms with van der Waals surface area (Å²) >= 11 is 3.80. The van der Waals surface area contributed by atoms with Gasteiger partial charge in [0.2, 0.25) is 0 Å². The summed E-state index contributed by atoms with van der Waals surface area (Å²) in [6, 6.07) is 8.88. The first-order valence-electron chi connectivity index (χ1n) is 6.64. The van der Waals surface area contributed by atoms with Crippen LogP contribution in [0.2, 0.25) is 0 Å². The molecule has 0 spiro atoms. The average Bonchev–Trinajstić information content (AvgIpc) is 2.86. The Balaban J connectivity index is 2.28. The zero-order chi connectivity index (χ0) is 13.6. The van der Waals surface area contributed by atoms with E-state index in [1.54, 1.807) is 0 Å². The normalized spacial score (nSPS) is 12.8. The second-order valence-corrected chi connectivity index (χ2v) is 6.08. The van der Waals surface area contributed by atoms with Crippen molar-refractivity contribution < 1.29 is 0 Å². The van der Waals surface area contributed by atoms with Gasteiger partial charge in [0.1, 0.15) is 0 Å². The Kier molecular flexibility index (Phi) is 3.10. The molecule has 0 amide bonds. The van der Waals surface area contributed by atoms with E-state index in [0.717, 1.165) is 6.42 Å². The van der Waals surface area contributed by atoms with E-state index in [0.29, 0.717) is 0 Å². The Morgan fingerprint density at radius 1 is 1.00 bits per heavy atom. The number of fused-ring (bicyclic) bond motifs is 1. The highest BCUT2D eigenvalue weighted by Gasteiger charge is 2.16. The summed E-state index contributed by atoms with van der Waals surface area (Å²) in [6.45, 7) is 6.58. The van der Waals surface area contributed by atoms with Crippen molar-refractivity contribution in [3.8, 4) is 11.1 Å². The first kappa shape index (κ1) is 12.7. The van der Waals surface area contributed by atoms with Gasteiger partial charge in [-0.2, -0.15) is 0 Å². The van der Waals surface area contributed by atoms with Crippen molar-refractivity contribution in [2.24, 2.45) is 0 Å². The molecule has 0 aliphatic heterocycles. The molecule has 0 fully saturated rings. The van der Waals surface area contributed by atoms with Gasteiger partial charge in [0.25, 0.3) is 0 Å². The lowest BCUT2D eigenvalue weighted by Crippen LogP contribution is -1.94. The number of allylic oxidation sites excluding steroid dienone is 1. The second kappa shape index (κ2) is 4.64. The van der Waals surface area contributed by atoms with Crippen LogP contribution in [0.4, 0.5) is 0 Å². The van der Waals surface area contributed by atoms with E-state index in [9.17, 15) is 0 Å². The van der Waals surface area contributed by atoms with E-state index in [-0.39, 0.29) is 0 Å². The highest BCUT2D eigenvalue weighted by molar-refractivity contribution is 9.10. The van der Waals surface area contributed by atoms with Crippen molar-refractivity contribution in [3.63, 3.8) is 0 Å². The molecule has 0 N–H and O–H groups in total. The molecule has 0 aromatic heterocycles. The third-order valence-corrected chi connectivity index (χ3v) is 5.17. The lowest BCUT2D eigenvalue weighted by Gasteiger charge is -2.15. The van der Waals surface area contributed by atoms with Crippen LogP contribution >= 0.6 is 15.9 Å². The summed E-state index contributed by atoms with van der Waals surface area (Å²) in [4.78, 5) is 0. The van der Waals surface area contributed by atoms with E-state index < -0.39 is 0 Å². The molecule has 2 aromatic rings. The molecular weight excluding hydrogens is 296 g/mol. The van der Waals surface area contributed by atoms with Crippen molar-refractivity contribution in [1.29, 1.82) is 0 Å². The van der Waals surface area contributed by atoms with Gasteiger partial charge in [-0.15, -0.1) is 0 Å². The molecule has 3 rings (SSSR count). The summed E-state index contributed by atoms with van der Waals surface area (Å²) in [5.74, 6) is 0. The van der Waals surface area contributed by atoms with Crippen molar-refractivity contribution in [2.75, 3.05) is 0 Å². The van der Waals surface area contributed by atoms with E-state index in [4.69, 9.17) is 0 Å². The maximum atomic E-state index is 3.80. The highest BCUT2D eigenvalue weighted by atomic mass is 79.9. The van der Waals surface area contributed by atoms with Crippen molar-refractivity contribution in [3.05, 3.63) is 62.6 Å². The van der Waals surface area contributed by atoms with Crippen LogP contribution in [0, 0.1) is 20.8 Å². The van der Waals surface area contributed by atoms with Gasteiger partial charge in [-0.3, -0.25) is 0 Å². The van der Waals surface area contributed by atoms with Crippen LogP contribution < -0.4 is 0 Å². The first-order valence-corrected chi connectivity index (χ1v) is 7.44. The molecule has 1 aliphatic rings. The topological polar surface area (TPSA) is 0 Å².